The molecule has 0 fully saturated rings. The highest BCUT2D eigenvalue weighted by Gasteiger charge is 2.19. The molecular formula is C15H23N5. The van der Waals surface area contributed by atoms with E-state index in [1.54, 1.807) is 6.33 Å². The molecule has 2 aromatic heterocycles. The molecular weight excluding hydrogens is 250 g/mol. The Hall–Kier alpha value is -1.91. The van der Waals surface area contributed by atoms with Crippen LogP contribution in [0.1, 0.15) is 49.2 Å². The Kier molecular flexibility index (Phi) is 4.06. The van der Waals surface area contributed by atoms with E-state index in [4.69, 9.17) is 0 Å². The molecule has 0 saturated carbocycles. The molecule has 0 unspecified atom stereocenters. The number of aromatic nitrogens is 4. The highest BCUT2D eigenvalue weighted by Crippen LogP contribution is 2.28. The average Bonchev–Trinajstić information content (AvgIpc) is 2.66. The van der Waals surface area contributed by atoms with Gasteiger partial charge in [0.2, 0.25) is 0 Å². The quantitative estimate of drug-likeness (QED) is 0.929. The Bertz CT molecular complexity index is 613. The minimum Gasteiger partial charge on any atom is -0.370 e. The number of rotatable bonds is 4. The molecule has 2 rings (SSSR count). The number of hydrogen-bond donors (Lipinski definition) is 1. The van der Waals surface area contributed by atoms with Crippen LogP contribution in [0.5, 0.6) is 0 Å². The van der Waals surface area contributed by atoms with E-state index >= 15 is 0 Å². The van der Waals surface area contributed by atoms with E-state index in [0.717, 1.165) is 35.1 Å². The standard InChI is InChI=1S/C15H23N5/c1-7-16-14-13(9(2)3)15(18-8-17-14)20-12(6)10(4)11(5)19-20/h8-9H,7H2,1-6H3,(H,16,17,18). The van der Waals surface area contributed by atoms with Gasteiger partial charge in [-0.1, -0.05) is 13.8 Å². The summed E-state index contributed by atoms with van der Waals surface area (Å²) in [5, 5.41) is 7.94. The molecule has 5 heteroatoms. The molecule has 0 amide bonds. The molecule has 0 spiro atoms. The van der Waals surface area contributed by atoms with Crippen LogP contribution in [-0.4, -0.2) is 26.3 Å². The Morgan fingerprint density at radius 3 is 2.40 bits per heavy atom. The van der Waals surface area contributed by atoms with Gasteiger partial charge in [-0.2, -0.15) is 5.10 Å². The first-order chi connectivity index (χ1) is 9.47. The summed E-state index contributed by atoms with van der Waals surface area (Å²) in [5.74, 6) is 2.10. The number of anilines is 1. The summed E-state index contributed by atoms with van der Waals surface area (Å²) in [7, 11) is 0. The van der Waals surface area contributed by atoms with Crippen molar-refractivity contribution in [1.82, 2.24) is 19.7 Å². The normalized spacial score (nSPS) is 11.2. The first kappa shape index (κ1) is 14.5. The van der Waals surface area contributed by atoms with E-state index in [1.165, 1.54) is 5.56 Å². The van der Waals surface area contributed by atoms with Gasteiger partial charge in [-0.25, -0.2) is 14.6 Å². The van der Waals surface area contributed by atoms with Crippen molar-refractivity contribution in [3.63, 3.8) is 0 Å². The number of hydrogen-bond acceptors (Lipinski definition) is 4. The Morgan fingerprint density at radius 2 is 1.90 bits per heavy atom. The summed E-state index contributed by atoms with van der Waals surface area (Å²) in [6, 6.07) is 0. The largest absolute Gasteiger partial charge is 0.370 e. The fourth-order valence-corrected chi connectivity index (χ4v) is 2.32. The lowest BCUT2D eigenvalue weighted by Gasteiger charge is -2.17. The van der Waals surface area contributed by atoms with Crippen LogP contribution >= 0.6 is 0 Å². The van der Waals surface area contributed by atoms with Crippen LogP contribution in [0.2, 0.25) is 0 Å². The highest BCUT2D eigenvalue weighted by molar-refractivity contribution is 5.54. The van der Waals surface area contributed by atoms with Crippen molar-refractivity contribution in [2.24, 2.45) is 0 Å². The zero-order chi connectivity index (χ0) is 14.9. The summed E-state index contributed by atoms with van der Waals surface area (Å²) in [5.41, 5.74) is 4.50. The fraction of sp³-hybridized carbons (Fsp3) is 0.533. The third kappa shape index (κ3) is 2.40. The molecule has 0 radical (unpaired) electrons. The molecule has 0 aliphatic rings. The second kappa shape index (κ2) is 5.61. The topological polar surface area (TPSA) is 55.6 Å². The summed E-state index contributed by atoms with van der Waals surface area (Å²) in [6.45, 7) is 13.4. The first-order valence-corrected chi connectivity index (χ1v) is 7.09. The highest BCUT2D eigenvalue weighted by atomic mass is 15.3. The predicted molar refractivity (Wildman–Crippen MR) is 81.6 cm³/mol. The minimum absolute atomic E-state index is 0.324. The zero-order valence-electron chi connectivity index (χ0n) is 13.2. The third-order valence-electron chi connectivity index (χ3n) is 3.64. The Balaban J connectivity index is 2.67. The van der Waals surface area contributed by atoms with Crippen LogP contribution in [0.4, 0.5) is 5.82 Å². The van der Waals surface area contributed by atoms with Crippen molar-refractivity contribution in [3.05, 3.63) is 28.8 Å². The van der Waals surface area contributed by atoms with Crippen molar-refractivity contribution >= 4 is 5.82 Å². The van der Waals surface area contributed by atoms with Crippen LogP contribution in [-0.2, 0) is 0 Å². The molecule has 2 heterocycles. The smallest absolute Gasteiger partial charge is 0.162 e. The molecule has 0 aliphatic carbocycles. The third-order valence-corrected chi connectivity index (χ3v) is 3.64. The summed E-state index contributed by atoms with van der Waals surface area (Å²) < 4.78 is 1.93. The van der Waals surface area contributed by atoms with E-state index < -0.39 is 0 Å². The van der Waals surface area contributed by atoms with E-state index in [1.807, 2.05) is 11.6 Å². The van der Waals surface area contributed by atoms with Gasteiger partial charge < -0.3 is 5.32 Å². The minimum atomic E-state index is 0.324. The van der Waals surface area contributed by atoms with Gasteiger partial charge in [0.15, 0.2) is 5.82 Å². The number of nitrogens with zero attached hydrogens (tertiary/aromatic N) is 4. The SMILES string of the molecule is CCNc1ncnc(-n2nc(C)c(C)c2C)c1C(C)C. The number of nitrogens with one attached hydrogen (secondary N) is 1. The van der Waals surface area contributed by atoms with Crippen LogP contribution in [0.3, 0.4) is 0 Å². The van der Waals surface area contributed by atoms with Gasteiger partial charge in [0.05, 0.1) is 5.69 Å². The fourth-order valence-electron chi connectivity index (χ4n) is 2.32. The van der Waals surface area contributed by atoms with Gasteiger partial charge in [0.25, 0.3) is 0 Å². The van der Waals surface area contributed by atoms with Crippen molar-refractivity contribution < 1.29 is 0 Å². The molecule has 2 aromatic rings. The molecule has 5 nitrogen and oxygen atoms in total. The molecule has 1 N–H and O–H groups in total. The lowest BCUT2D eigenvalue weighted by Crippen LogP contribution is -2.12. The zero-order valence-corrected chi connectivity index (χ0v) is 13.2. The molecule has 0 saturated heterocycles. The summed E-state index contributed by atoms with van der Waals surface area (Å²) >= 11 is 0. The predicted octanol–water partition coefficient (Wildman–Crippen LogP) is 3.14. The van der Waals surface area contributed by atoms with Crippen molar-refractivity contribution in [2.45, 2.75) is 47.5 Å². The maximum absolute atomic E-state index is 4.62. The lowest BCUT2D eigenvalue weighted by atomic mass is 10.0. The lowest BCUT2D eigenvalue weighted by molar-refractivity contribution is 0.753. The van der Waals surface area contributed by atoms with Crippen LogP contribution in [0.25, 0.3) is 5.82 Å². The second-order valence-corrected chi connectivity index (χ2v) is 5.35. The van der Waals surface area contributed by atoms with Gasteiger partial charge in [-0.15, -0.1) is 0 Å². The Morgan fingerprint density at radius 1 is 1.20 bits per heavy atom. The maximum Gasteiger partial charge on any atom is 0.162 e. The van der Waals surface area contributed by atoms with Crippen molar-refractivity contribution in [3.8, 4) is 5.82 Å². The number of aryl methyl sites for hydroxylation is 1. The molecule has 0 bridgehead atoms. The first-order valence-electron chi connectivity index (χ1n) is 7.09. The van der Waals surface area contributed by atoms with Gasteiger partial charge in [-0.3, -0.25) is 0 Å². The van der Waals surface area contributed by atoms with Crippen molar-refractivity contribution in [2.75, 3.05) is 11.9 Å². The molecule has 0 atom stereocenters. The van der Waals surface area contributed by atoms with Gasteiger partial charge in [-0.05, 0) is 39.2 Å². The Labute approximate surface area is 120 Å². The summed E-state index contributed by atoms with van der Waals surface area (Å²) in [4.78, 5) is 8.85. The van der Waals surface area contributed by atoms with E-state index in [9.17, 15) is 0 Å². The molecule has 20 heavy (non-hydrogen) atoms. The monoisotopic (exact) mass is 273 g/mol. The average molecular weight is 273 g/mol. The molecule has 0 aliphatic heterocycles. The van der Waals surface area contributed by atoms with E-state index in [0.29, 0.717) is 5.92 Å². The van der Waals surface area contributed by atoms with E-state index in [-0.39, 0.29) is 0 Å². The van der Waals surface area contributed by atoms with Gasteiger partial charge >= 0.3 is 0 Å². The van der Waals surface area contributed by atoms with Gasteiger partial charge in [0, 0.05) is 17.8 Å². The molecule has 0 aromatic carbocycles. The van der Waals surface area contributed by atoms with Gasteiger partial charge in [0.1, 0.15) is 12.1 Å². The summed E-state index contributed by atoms with van der Waals surface area (Å²) in [6.07, 6.45) is 1.60. The second-order valence-electron chi connectivity index (χ2n) is 5.35. The maximum atomic E-state index is 4.62. The van der Waals surface area contributed by atoms with Crippen LogP contribution < -0.4 is 5.32 Å². The van der Waals surface area contributed by atoms with E-state index in [2.05, 4.69) is 55.0 Å². The van der Waals surface area contributed by atoms with Crippen LogP contribution in [0.15, 0.2) is 6.33 Å². The van der Waals surface area contributed by atoms with Crippen molar-refractivity contribution in [1.29, 1.82) is 0 Å². The van der Waals surface area contributed by atoms with Crippen LogP contribution in [0, 0.1) is 20.8 Å². The molecule has 108 valence electrons.